The maximum absolute atomic E-state index is 10.1. The topological polar surface area (TPSA) is 38.7 Å². The molecule has 0 saturated heterocycles. The Bertz CT molecular complexity index is 709. The molecule has 0 aromatic heterocycles. The summed E-state index contributed by atoms with van der Waals surface area (Å²) in [4.78, 5) is 0. The molecule has 1 atom stereocenters. The smallest absolute Gasteiger partial charge is 0.127 e. The predicted molar refractivity (Wildman–Crippen MR) is 89.9 cm³/mol. The molecule has 0 aliphatic rings. The van der Waals surface area contributed by atoms with Crippen LogP contribution in [-0.2, 0) is 0 Å². The number of benzene rings is 3. The van der Waals surface area contributed by atoms with Gasteiger partial charge in [0.2, 0.25) is 0 Å². The first kappa shape index (κ1) is 15.1. The van der Waals surface area contributed by atoms with Crippen molar-refractivity contribution in [3.8, 4) is 17.2 Å². The van der Waals surface area contributed by atoms with Crippen molar-refractivity contribution in [3.05, 3.63) is 90.5 Å². The SMILES string of the molecule is OC(COc1ccc(Oc2ccccc2)cc1)c1ccccc1. The van der Waals surface area contributed by atoms with Gasteiger partial charge in [-0.3, -0.25) is 0 Å². The third-order valence-electron chi connectivity index (χ3n) is 3.39. The standard InChI is InChI=1S/C20H18O3/c21-20(16-7-3-1-4-8-16)15-22-17-11-13-19(14-12-17)23-18-9-5-2-6-10-18/h1-14,20-21H,15H2. The Kier molecular flexibility index (Phi) is 4.92. The summed E-state index contributed by atoms with van der Waals surface area (Å²) in [5.41, 5.74) is 0.844. The van der Waals surface area contributed by atoms with Crippen molar-refractivity contribution in [2.45, 2.75) is 6.10 Å². The lowest BCUT2D eigenvalue weighted by molar-refractivity contribution is 0.108. The van der Waals surface area contributed by atoms with Crippen LogP contribution in [0.25, 0.3) is 0 Å². The molecule has 0 aliphatic carbocycles. The highest BCUT2D eigenvalue weighted by Gasteiger charge is 2.07. The Hall–Kier alpha value is -2.78. The van der Waals surface area contributed by atoms with Crippen LogP contribution in [0.4, 0.5) is 0 Å². The van der Waals surface area contributed by atoms with E-state index in [1.165, 1.54) is 0 Å². The Morgan fingerprint density at radius 3 is 1.83 bits per heavy atom. The van der Waals surface area contributed by atoms with Gasteiger partial charge in [0.05, 0.1) is 0 Å². The molecule has 0 bridgehead atoms. The van der Waals surface area contributed by atoms with Gasteiger partial charge < -0.3 is 14.6 Å². The largest absolute Gasteiger partial charge is 0.491 e. The number of aliphatic hydroxyl groups is 1. The zero-order valence-electron chi connectivity index (χ0n) is 12.6. The van der Waals surface area contributed by atoms with Crippen molar-refractivity contribution >= 4 is 0 Å². The van der Waals surface area contributed by atoms with Crippen molar-refractivity contribution in [2.75, 3.05) is 6.61 Å². The van der Waals surface area contributed by atoms with Gasteiger partial charge in [-0.2, -0.15) is 0 Å². The first-order valence-corrected chi connectivity index (χ1v) is 7.50. The number of aliphatic hydroxyl groups excluding tert-OH is 1. The van der Waals surface area contributed by atoms with E-state index in [1.54, 1.807) is 0 Å². The molecule has 3 aromatic carbocycles. The highest BCUT2D eigenvalue weighted by Crippen LogP contribution is 2.24. The maximum Gasteiger partial charge on any atom is 0.127 e. The number of rotatable bonds is 6. The molecule has 0 heterocycles. The van der Waals surface area contributed by atoms with E-state index < -0.39 is 6.10 Å². The monoisotopic (exact) mass is 306 g/mol. The second kappa shape index (κ2) is 7.47. The van der Waals surface area contributed by atoms with E-state index in [-0.39, 0.29) is 6.61 Å². The summed E-state index contributed by atoms with van der Waals surface area (Å²) in [7, 11) is 0. The van der Waals surface area contributed by atoms with E-state index in [0.717, 1.165) is 17.1 Å². The zero-order valence-corrected chi connectivity index (χ0v) is 12.6. The van der Waals surface area contributed by atoms with E-state index in [9.17, 15) is 5.11 Å². The van der Waals surface area contributed by atoms with Gasteiger partial charge in [0.1, 0.15) is 30.0 Å². The second-order valence-electron chi connectivity index (χ2n) is 5.12. The molecule has 3 nitrogen and oxygen atoms in total. The van der Waals surface area contributed by atoms with Crippen LogP contribution in [-0.4, -0.2) is 11.7 Å². The summed E-state index contributed by atoms with van der Waals surface area (Å²) < 4.78 is 11.3. The summed E-state index contributed by atoms with van der Waals surface area (Å²) >= 11 is 0. The quantitative estimate of drug-likeness (QED) is 0.724. The van der Waals surface area contributed by atoms with Gasteiger partial charge in [-0.15, -0.1) is 0 Å². The average Bonchev–Trinajstić information content (AvgIpc) is 2.62. The third-order valence-corrected chi connectivity index (χ3v) is 3.39. The van der Waals surface area contributed by atoms with Gasteiger partial charge in [0.25, 0.3) is 0 Å². The highest BCUT2D eigenvalue weighted by atomic mass is 16.5. The van der Waals surface area contributed by atoms with Crippen molar-refractivity contribution in [1.82, 2.24) is 0 Å². The van der Waals surface area contributed by atoms with E-state index in [4.69, 9.17) is 9.47 Å². The molecule has 0 fully saturated rings. The molecule has 0 spiro atoms. The minimum Gasteiger partial charge on any atom is -0.491 e. The lowest BCUT2D eigenvalue weighted by atomic mass is 10.1. The van der Waals surface area contributed by atoms with Crippen LogP contribution in [0.3, 0.4) is 0 Å². The number of para-hydroxylation sites is 1. The highest BCUT2D eigenvalue weighted by molar-refractivity contribution is 5.35. The fraction of sp³-hybridized carbons (Fsp3) is 0.100. The minimum absolute atomic E-state index is 0.211. The van der Waals surface area contributed by atoms with Crippen molar-refractivity contribution in [3.63, 3.8) is 0 Å². The Balaban J connectivity index is 1.55. The summed E-state index contributed by atoms with van der Waals surface area (Å²) in [5, 5.41) is 10.1. The molecular formula is C20H18O3. The van der Waals surface area contributed by atoms with Gasteiger partial charge in [0, 0.05) is 0 Å². The second-order valence-corrected chi connectivity index (χ2v) is 5.12. The Morgan fingerprint density at radius 1 is 0.652 bits per heavy atom. The van der Waals surface area contributed by atoms with Crippen molar-refractivity contribution in [1.29, 1.82) is 0 Å². The lowest BCUT2D eigenvalue weighted by Gasteiger charge is -2.13. The van der Waals surface area contributed by atoms with Gasteiger partial charge in [-0.05, 0) is 42.0 Å². The summed E-state index contributed by atoms with van der Waals surface area (Å²) in [6, 6.07) is 26.4. The van der Waals surface area contributed by atoms with Crippen LogP contribution in [0.2, 0.25) is 0 Å². The van der Waals surface area contributed by atoms with Crippen molar-refractivity contribution < 1.29 is 14.6 Å². The molecule has 116 valence electrons. The molecule has 3 rings (SSSR count). The van der Waals surface area contributed by atoms with Gasteiger partial charge in [-0.1, -0.05) is 48.5 Å². The van der Waals surface area contributed by atoms with E-state index in [1.807, 2.05) is 84.9 Å². The van der Waals surface area contributed by atoms with Crippen LogP contribution in [0.15, 0.2) is 84.9 Å². The predicted octanol–water partition coefficient (Wildman–Crippen LogP) is 4.59. The first-order chi connectivity index (χ1) is 11.3. The zero-order chi connectivity index (χ0) is 15.9. The van der Waals surface area contributed by atoms with Crippen LogP contribution in [0.1, 0.15) is 11.7 Å². The van der Waals surface area contributed by atoms with Crippen molar-refractivity contribution in [2.24, 2.45) is 0 Å². The lowest BCUT2D eigenvalue weighted by Crippen LogP contribution is -2.09. The number of hydrogen-bond acceptors (Lipinski definition) is 3. The normalized spacial score (nSPS) is 11.7. The fourth-order valence-electron chi connectivity index (χ4n) is 2.18. The van der Waals surface area contributed by atoms with Crippen LogP contribution in [0, 0.1) is 0 Å². The molecule has 3 heteroatoms. The number of ether oxygens (including phenoxy) is 2. The number of hydrogen-bond donors (Lipinski definition) is 1. The summed E-state index contributed by atoms with van der Waals surface area (Å²) in [5.74, 6) is 2.23. The Labute approximate surface area is 135 Å². The third kappa shape index (κ3) is 4.34. The molecule has 0 aliphatic heterocycles. The van der Waals surface area contributed by atoms with Gasteiger partial charge in [-0.25, -0.2) is 0 Å². The molecule has 0 saturated carbocycles. The summed E-state index contributed by atoms with van der Waals surface area (Å²) in [6.45, 7) is 0.211. The average molecular weight is 306 g/mol. The molecule has 23 heavy (non-hydrogen) atoms. The molecule has 1 N–H and O–H groups in total. The maximum atomic E-state index is 10.1. The molecule has 3 aromatic rings. The van der Waals surface area contributed by atoms with E-state index in [0.29, 0.717) is 5.75 Å². The molecule has 0 amide bonds. The van der Waals surface area contributed by atoms with Crippen LogP contribution in [0.5, 0.6) is 17.2 Å². The molecular weight excluding hydrogens is 288 g/mol. The van der Waals surface area contributed by atoms with Crippen LogP contribution >= 0.6 is 0 Å². The minimum atomic E-state index is -0.642. The van der Waals surface area contributed by atoms with Gasteiger partial charge in [0.15, 0.2) is 0 Å². The van der Waals surface area contributed by atoms with E-state index >= 15 is 0 Å². The fourth-order valence-corrected chi connectivity index (χ4v) is 2.18. The van der Waals surface area contributed by atoms with E-state index in [2.05, 4.69) is 0 Å². The summed E-state index contributed by atoms with van der Waals surface area (Å²) in [6.07, 6.45) is -0.642. The van der Waals surface area contributed by atoms with Gasteiger partial charge >= 0.3 is 0 Å². The van der Waals surface area contributed by atoms with Crippen LogP contribution < -0.4 is 9.47 Å². The first-order valence-electron chi connectivity index (χ1n) is 7.50. The molecule has 1 unspecified atom stereocenters. The molecule has 0 radical (unpaired) electrons. The Morgan fingerprint density at radius 2 is 1.17 bits per heavy atom.